The number of hydrogen-bond acceptors (Lipinski definition) is 11. The molecule has 3 saturated heterocycles. The Labute approximate surface area is 234 Å². The van der Waals surface area contributed by atoms with Crippen molar-refractivity contribution in [2.45, 2.75) is 43.9 Å². The van der Waals surface area contributed by atoms with Crippen molar-refractivity contribution in [2.24, 2.45) is 5.92 Å². The number of rotatable bonds is 5. The first-order valence-electron chi connectivity index (χ1n) is 14.2. The first-order chi connectivity index (χ1) is 19.4. The first kappa shape index (κ1) is 27.2. The minimum Gasteiger partial charge on any atom is -0.378 e. The number of carbonyl (C=O) groups excluding carboxylic acids is 1. The average molecular weight is 572 g/mol. The lowest BCUT2D eigenvalue weighted by atomic mass is 9.95. The summed E-state index contributed by atoms with van der Waals surface area (Å²) in [4.78, 5) is 35.7. The molecule has 2 aromatic rings. The first-order valence-corrected chi connectivity index (χ1v) is 15.7. The monoisotopic (exact) mass is 571 g/mol. The molecule has 14 heteroatoms. The quantitative estimate of drug-likeness (QED) is 0.498. The number of fused-ring (bicyclic) bond motifs is 1. The minimum absolute atomic E-state index is 0.0773. The Morgan fingerprint density at radius 1 is 0.975 bits per heavy atom. The molecular weight excluding hydrogens is 534 g/mol. The van der Waals surface area contributed by atoms with Crippen LogP contribution in [-0.2, 0) is 32.5 Å². The van der Waals surface area contributed by atoms with Crippen LogP contribution >= 0.6 is 0 Å². The maximum Gasteiger partial charge on any atom is 0.226 e. The van der Waals surface area contributed by atoms with Gasteiger partial charge in [-0.2, -0.15) is 0 Å². The molecule has 0 aliphatic carbocycles. The van der Waals surface area contributed by atoms with Crippen LogP contribution in [0.3, 0.4) is 0 Å². The van der Waals surface area contributed by atoms with Crippen LogP contribution in [0.15, 0.2) is 12.4 Å². The number of hydrogen-bond donors (Lipinski definition) is 2. The number of nitrogens with one attached hydrogen (secondary N) is 1. The van der Waals surface area contributed by atoms with Gasteiger partial charge in [0.05, 0.1) is 36.3 Å². The van der Waals surface area contributed by atoms with Crippen molar-refractivity contribution in [3.63, 3.8) is 0 Å². The Morgan fingerprint density at radius 3 is 2.38 bits per heavy atom. The highest BCUT2D eigenvalue weighted by atomic mass is 32.2. The highest BCUT2D eigenvalue weighted by Crippen LogP contribution is 2.32. The molecule has 0 saturated carbocycles. The van der Waals surface area contributed by atoms with Gasteiger partial charge in [-0.25, -0.2) is 32.7 Å². The second kappa shape index (κ2) is 11.5. The summed E-state index contributed by atoms with van der Waals surface area (Å²) in [6.07, 6.45) is 6.27. The van der Waals surface area contributed by atoms with E-state index in [-0.39, 0.29) is 23.0 Å². The van der Waals surface area contributed by atoms with Gasteiger partial charge in [-0.1, -0.05) is 0 Å². The van der Waals surface area contributed by atoms with Crippen LogP contribution in [0.1, 0.15) is 36.9 Å². The SMILES string of the molecule is Nc1ncc(-c2nc3c(c(N4CCOCC4)n2)CCN(C(=O)C2CCN(S(=O)(=O)C4CCNCC4)CC2)C3)cn1. The highest BCUT2D eigenvalue weighted by Gasteiger charge is 2.38. The summed E-state index contributed by atoms with van der Waals surface area (Å²) >= 11 is 0. The van der Waals surface area contributed by atoms with Crippen molar-refractivity contribution < 1.29 is 17.9 Å². The van der Waals surface area contributed by atoms with Gasteiger partial charge in [0.1, 0.15) is 5.82 Å². The molecule has 3 fully saturated rings. The summed E-state index contributed by atoms with van der Waals surface area (Å²) in [5.41, 5.74) is 8.24. The smallest absolute Gasteiger partial charge is 0.226 e. The molecule has 6 rings (SSSR count). The molecule has 0 bridgehead atoms. The number of carbonyl (C=O) groups is 1. The summed E-state index contributed by atoms with van der Waals surface area (Å²) in [6.45, 7) is 6.00. The summed E-state index contributed by atoms with van der Waals surface area (Å²) in [6, 6.07) is 0. The molecule has 0 atom stereocenters. The lowest BCUT2D eigenvalue weighted by Crippen LogP contribution is -2.49. The van der Waals surface area contributed by atoms with Gasteiger partial charge < -0.3 is 25.6 Å². The summed E-state index contributed by atoms with van der Waals surface area (Å²) < 4.78 is 33.5. The second-order valence-electron chi connectivity index (χ2n) is 10.9. The van der Waals surface area contributed by atoms with E-state index >= 15 is 0 Å². The number of amides is 1. The third kappa shape index (κ3) is 5.49. The average Bonchev–Trinajstić information content (AvgIpc) is 3.01. The topological polar surface area (TPSA) is 160 Å². The van der Waals surface area contributed by atoms with Gasteiger partial charge >= 0.3 is 0 Å². The Bertz CT molecular complexity index is 1320. The van der Waals surface area contributed by atoms with Crippen molar-refractivity contribution in [1.29, 1.82) is 0 Å². The molecule has 1 amide bonds. The molecule has 216 valence electrons. The number of piperidine rings is 2. The number of ether oxygens (including phenoxy) is 1. The van der Waals surface area contributed by atoms with Gasteiger partial charge in [0, 0.05) is 56.6 Å². The zero-order valence-electron chi connectivity index (χ0n) is 22.7. The van der Waals surface area contributed by atoms with E-state index in [0.717, 1.165) is 43.3 Å². The van der Waals surface area contributed by atoms with E-state index in [1.807, 2.05) is 4.90 Å². The Kier molecular flexibility index (Phi) is 7.84. The Hall–Kier alpha value is -2.94. The van der Waals surface area contributed by atoms with Gasteiger partial charge in [0.2, 0.25) is 21.9 Å². The Morgan fingerprint density at radius 2 is 1.68 bits per heavy atom. The summed E-state index contributed by atoms with van der Waals surface area (Å²) in [7, 11) is -3.33. The van der Waals surface area contributed by atoms with E-state index in [1.54, 1.807) is 16.7 Å². The van der Waals surface area contributed by atoms with E-state index in [2.05, 4.69) is 20.2 Å². The highest BCUT2D eigenvalue weighted by molar-refractivity contribution is 7.89. The van der Waals surface area contributed by atoms with Crippen molar-refractivity contribution in [2.75, 3.05) is 69.7 Å². The second-order valence-corrected chi connectivity index (χ2v) is 13.1. The molecule has 0 spiro atoms. The zero-order chi connectivity index (χ0) is 27.7. The van der Waals surface area contributed by atoms with E-state index < -0.39 is 10.0 Å². The molecule has 4 aliphatic rings. The van der Waals surface area contributed by atoms with Crippen LogP contribution < -0.4 is 16.0 Å². The van der Waals surface area contributed by atoms with Gasteiger partial charge in [-0.05, 0) is 45.2 Å². The van der Waals surface area contributed by atoms with Crippen molar-refractivity contribution >= 4 is 27.7 Å². The van der Waals surface area contributed by atoms with E-state index in [9.17, 15) is 13.2 Å². The fourth-order valence-electron chi connectivity index (χ4n) is 6.14. The Balaban J connectivity index is 1.18. The maximum absolute atomic E-state index is 13.6. The van der Waals surface area contributed by atoms with Gasteiger partial charge in [0.25, 0.3) is 0 Å². The molecule has 40 heavy (non-hydrogen) atoms. The number of nitrogens with zero attached hydrogens (tertiary/aromatic N) is 7. The number of nitrogens with two attached hydrogens (primary N) is 1. The molecule has 2 aromatic heterocycles. The largest absolute Gasteiger partial charge is 0.378 e. The number of anilines is 2. The molecule has 13 nitrogen and oxygen atoms in total. The normalized spacial score (nSPS) is 21.8. The van der Waals surface area contributed by atoms with Crippen LogP contribution in [-0.4, -0.2) is 108 Å². The third-order valence-corrected chi connectivity index (χ3v) is 10.9. The predicted molar refractivity (Wildman–Crippen MR) is 149 cm³/mol. The van der Waals surface area contributed by atoms with Gasteiger partial charge in [-0.3, -0.25) is 4.79 Å². The van der Waals surface area contributed by atoms with Crippen LogP contribution in [0.5, 0.6) is 0 Å². The fourth-order valence-corrected chi connectivity index (χ4v) is 8.11. The number of sulfonamides is 1. The van der Waals surface area contributed by atoms with Crippen LogP contribution in [0.25, 0.3) is 11.4 Å². The summed E-state index contributed by atoms with van der Waals surface area (Å²) in [5.74, 6) is 1.45. The molecule has 4 aliphatic heterocycles. The molecule has 0 aromatic carbocycles. The number of morpholine rings is 1. The van der Waals surface area contributed by atoms with Crippen LogP contribution in [0.2, 0.25) is 0 Å². The van der Waals surface area contributed by atoms with Gasteiger partial charge in [-0.15, -0.1) is 0 Å². The molecule has 6 heterocycles. The van der Waals surface area contributed by atoms with Crippen molar-refractivity contribution in [1.82, 2.24) is 34.5 Å². The fraction of sp³-hybridized carbons (Fsp3) is 0.654. The third-order valence-electron chi connectivity index (χ3n) is 8.47. The molecule has 3 N–H and O–H groups in total. The zero-order valence-corrected chi connectivity index (χ0v) is 23.5. The van der Waals surface area contributed by atoms with E-state index in [1.165, 1.54) is 0 Å². The predicted octanol–water partition coefficient (Wildman–Crippen LogP) is 0.0309. The van der Waals surface area contributed by atoms with E-state index in [0.29, 0.717) is 82.9 Å². The molecule has 0 radical (unpaired) electrons. The minimum atomic E-state index is -3.33. The number of nitrogen functional groups attached to an aromatic ring is 1. The van der Waals surface area contributed by atoms with Gasteiger partial charge in [0.15, 0.2) is 5.82 Å². The lowest BCUT2D eigenvalue weighted by molar-refractivity contribution is -0.137. The van der Waals surface area contributed by atoms with Crippen molar-refractivity contribution in [3.8, 4) is 11.4 Å². The standard InChI is InChI=1S/C26H37N9O4S/c27-26-29-15-19(16-30-26)23-31-22-17-34(8-5-21(22)24(32-23)33-11-13-39-14-12-33)25(36)18-3-9-35(10-4-18)40(37,38)20-1-6-28-7-2-20/h15-16,18,20,28H,1-14,17H2,(H2,27,29,30). The molecular formula is C26H37N9O4S. The number of aromatic nitrogens is 4. The summed E-state index contributed by atoms with van der Waals surface area (Å²) in [5, 5.41) is 2.91. The molecule has 0 unspecified atom stereocenters. The van der Waals surface area contributed by atoms with Crippen molar-refractivity contribution in [3.05, 3.63) is 23.7 Å². The van der Waals surface area contributed by atoms with E-state index in [4.69, 9.17) is 20.4 Å². The van der Waals surface area contributed by atoms with Crippen LogP contribution in [0.4, 0.5) is 11.8 Å². The lowest BCUT2D eigenvalue weighted by Gasteiger charge is -2.38. The maximum atomic E-state index is 13.6. The van der Waals surface area contributed by atoms with Crippen LogP contribution in [0, 0.1) is 5.92 Å².